The molecular formula is C17H26N2O. The van der Waals surface area contributed by atoms with Crippen LogP contribution in [0.4, 0.5) is 0 Å². The fourth-order valence-electron chi connectivity index (χ4n) is 1.93. The molecule has 0 aromatic heterocycles. The predicted molar refractivity (Wildman–Crippen MR) is 82.6 cm³/mol. The van der Waals surface area contributed by atoms with Gasteiger partial charge in [-0.25, -0.2) is 0 Å². The van der Waals surface area contributed by atoms with E-state index in [4.69, 9.17) is 10.00 Å². The molecule has 0 aliphatic heterocycles. The molecule has 0 fully saturated rings. The topological polar surface area (TPSA) is 45.0 Å². The monoisotopic (exact) mass is 274 g/mol. The van der Waals surface area contributed by atoms with Gasteiger partial charge in [0.05, 0.1) is 18.1 Å². The maximum atomic E-state index is 8.94. The van der Waals surface area contributed by atoms with Crippen LogP contribution in [0.5, 0.6) is 5.75 Å². The molecule has 0 saturated heterocycles. The van der Waals surface area contributed by atoms with E-state index in [0.717, 1.165) is 38.1 Å². The summed E-state index contributed by atoms with van der Waals surface area (Å²) in [6.45, 7) is 8.63. The minimum atomic E-state index is -0.217. The Morgan fingerprint density at radius 3 is 2.80 bits per heavy atom. The Kier molecular flexibility index (Phi) is 7.11. The van der Waals surface area contributed by atoms with Crippen molar-refractivity contribution in [1.29, 1.82) is 5.26 Å². The van der Waals surface area contributed by atoms with Crippen molar-refractivity contribution in [3.63, 3.8) is 0 Å². The lowest BCUT2D eigenvalue weighted by molar-refractivity contribution is 0.294. The number of unbranched alkanes of at least 4 members (excludes halogenated alkanes) is 1. The summed E-state index contributed by atoms with van der Waals surface area (Å²) in [5.41, 5.74) is 1.03. The molecule has 0 aliphatic rings. The molecule has 1 aromatic carbocycles. The third kappa shape index (κ3) is 6.58. The summed E-state index contributed by atoms with van der Waals surface area (Å²) in [7, 11) is 0. The highest BCUT2D eigenvalue weighted by Crippen LogP contribution is 2.21. The minimum Gasteiger partial charge on any atom is -0.494 e. The van der Waals surface area contributed by atoms with Gasteiger partial charge in [-0.05, 0) is 57.4 Å². The molecule has 20 heavy (non-hydrogen) atoms. The lowest BCUT2D eigenvalue weighted by Gasteiger charge is -2.14. The Morgan fingerprint density at radius 2 is 2.10 bits per heavy atom. The lowest BCUT2D eigenvalue weighted by Crippen LogP contribution is -2.11. The molecule has 0 atom stereocenters. The summed E-state index contributed by atoms with van der Waals surface area (Å²) < 4.78 is 5.76. The van der Waals surface area contributed by atoms with Crippen molar-refractivity contribution in [2.75, 3.05) is 13.2 Å². The molecule has 3 nitrogen and oxygen atoms in total. The van der Waals surface area contributed by atoms with Crippen molar-refractivity contribution < 1.29 is 4.74 Å². The van der Waals surface area contributed by atoms with Gasteiger partial charge >= 0.3 is 0 Å². The van der Waals surface area contributed by atoms with Crippen LogP contribution in [0.25, 0.3) is 0 Å². The van der Waals surface area contributed by atoms with Crippen molar-refractivity contribution in [3.05, 3.63) is 29.8 Å². The van der Waals surface area contributed by atoms with Crippen molar-refractivity contribution in [1.82, 2.24) is 5.32 Å². The van der Waals surface area contributed by atoms with Crippen LogP contribution in [0, 0.1) is 16.7 Å². The van der Waals surface area contributed by atoms with Gasteiger partial charge < -0.3 is 10.1 Å². The van der Waals surface area contributed by atoms with Gasteiger partial charge in [0.1, 0.15) is 5.75 Å². The summed E-state index contributed by atoms with van der Waals surface area (Å²) in [5, 5.41) is 12.2. The molecular weight excluding hydrogens is 248 g/mol. The Bertz CT molecular complexity index is 435. The van der Waals surface area contributed by atoms with E-state index < -0.39 is 0 Å². The number of rotatable bonds is 9. The SMILES string of the molecule is CCNCc1cccc(OCCCCC(C)(C)C#N)c1. The number of hydrogen-bond acceptors (Lipinski definition) is 3. The van der Waals surface area contributed by atoms with Crippen LogP contribution in [-0.2, 0) is 6.54 Å². The highest BCUT2D eigenvalue weighted by atomic mass is 16.5. The first-order chi connectivity index (χ1) is 9.57. The number of ether oxygens (including phenoxy) is 1. The van der Waals surface area contributed by atoms with Gasteiger partial charge in [0.15, 0.2) is 0 Å². The van der Waals surface area contributed by atoms with Gasteiger partial charge in [0.25, 0.3) is 0 Å². The molecule has 110 valence electrons. The Labute approximate surface area is 123 Å². The number of nitrogens with zero attached hydrogens (tertiary/aromatic N) is 1. The fourth-order valence-corrected chi connectivity index (χ4v) is 1.93. The van der Waals surface area contributed by atoms with Crippen LogP contribution < -0.4 is 10.1 Å². The smallest absolute Gasteiger partial charge is 0.119 e. The molecule has 0 saturated carbocycles. The average molecular weight is 274 g/mol. The average Bonchev–Trinajstić information content (AvgIpc) is 2.45. The Balaban J connectivity index is 2.27. The number of nitriles is 1. The molecule has 0 unspecified atom stereocenters. The highest BCUT2D eigenvalue weighted by Gasteiger charge is 2.15. The third-order valence-electron chi connectivity index (χ3n) is 3.25. The molecule has 3 heteroatoms. The largest absolute Gasteiger partial charge is 0.494 e. The zero-order valence-corrected chi connectivity index (χ0v) is 12.9. The quantitative estimate of drug-likeness (QED) is 0.695. The molecule has 1 N–H and O–H groups in total. The zero-order valence-electron chi connectivity index (χ0n) is 12.9. The van der Waals surface area contributed by atoms with Crippen molar-refractivity contribution >= 4 is 0 Å². The van der Waals surface area contributed by atoms with E-state index in [1.165, 1.54) is 5.56 Å². The summed E-state index contributed by atoms with van der Waals surface area (Å²) in [6.07, 6.45) is 2.94. The van der Waals surface area contributed by atoms with Crippen LogP contribution in [0.15, 0.2) is 24.3 Å². The van der Waals surface area contributed by atoms with E-state index in [9.17, 15) is 0 Å². The summed E-state index contributed by atoms with van der Waals surface area (Å²) >= 11 is 0. The van der Waals surface area contributed by atoms with Crippen LogP contribution in [0.2, 0.25) is 0 Å². The predicted octanol–water partition coefficient (Wildman–Crippen LogP) is 3.89. The van der Waals surface area contributed by atoms with E-state index in [2.05, 4.69) is 30.4 Å². The number of benzene rings is 1. The van der Waals surface area contributed by atoms with E-state index in [1.807, 2.05) is 26.0 Å². The van der Waals surface area contributed by atoms with Gasteiger partial charge in [-0.15, -0.1) is 0 Å². The maximum absolute atomic E-state index is 8.94. The van der Waals surface area contributed by atoms with E-state index in [1.54, 1.807) is 0 Å². The molecule has 1 rings (SSSR count). The van der Waals surface area contributed by atoms with Gasteiger partial charge in [0.2, 0.25) is 0 Å². The second kappa shape index (κ2) is 8.60. The van der Waals surface area contributed by atoms with Gasteiger partial charge in [-0.2, -0.15) is 5.26 Å². The molecule has 0 aliphatic carbocycles. The second-order valence-electron chi connectivity index (χ2n) is 5.73. The molecule has 0 radical (unpaired) electrons. The van der Waals surface area contributed by atoms with Crippen molar-refractivity contribution in [2.45, 2.75) is 46.6 Å². The molecule has 0 bridgehead atoms. The standard InChI is InChI=1S/C17H26N2O/c1-4-19-13-15-8-7-9-16(12-15)20-11-6-5-10-17(2,3)14-18/h7-9,12,19H,4-6,10-11,13H2,1-3H3. The van der Waals surface area contributed by atoms with Gasteiger partial charge in [0, 0.05) is 6.54 Å². The van der Waals surface area contributed by atoms with Gasteiger partial charge in [-0.3, -0.25) is 0 Å². The van der Waals surface area contributed by atoms with E-state index in [-0.39, 0.29) is 5.41 Å². The summed E-state index contributed by atoms with van der Waals surface area (Å²) in [4.78, 5) is 0. The normalized spacial score (nSPS) is 11.1. The van der Waals surface area contributed by atoms with E-state index >= 15 is 0 Å². The third-order valence-corrected chi connectivity index (χ3v) is 3.25. The minimum absolute atomic E-state index is 0.217. The fraction of sp³-hybridized carbons (Fsp3) is 0.588. The first-order valence-corrected chi connectivity index (χ1v) is 7.41. The van der Waals surface area contributed by atoms with Crippen LogP contribution in [0.1, 0.15) is 45.6 Å². The summed E-state index contributed by atoms with van der Waals surface area (Å²) in [6, 6.07) is 10.5. The Hall–Kier alpha value is -1.53. The number of hydrogen-bond donors (Lipinski definition) is 1. The molecule has 1 aromatic rings. The van der Waals surface area contributed by atoms with Crippen LogP contribution in [-0.4, -0.2) is 13.2 Å². The maximum Gasteiger partial charge on any atom is 0.119 e. The number of nitrogens with one attached hydrogen (secondary N) is 1. The van der Waals surface area contributed by atoms with E-state index in [0.29, 0.717) is 6.61 Å². The Morgan fingerprint density at radius 1 is 1.30 bits per heavy atom. The van der Waals surface area contributed by atoms with Crippen LogP contribution in [0.3, 0.4) is 0 Å². The van der Waals surface area contributed by atoms with Crippen molar-refractivity contribution in [2.24, 2.45) is 5.41 Å². The molecule has 0 spiro atoms. The molecule has 0 heterocycles. The first-order valence-electron chi connectivity index (χ1n) is 7.41. The van der Waals surface area contributed by atoms with Crippen molar-refractivity contribution in [3.8, 4) is 11.8 Å². The molecule has 0 amide bonds. The second-order valence-corrected chi connectivity index (χ2v) is 5.73. The van der Waals surface area contributed by atoms with Crippen LogP contribution >= 0.6 is 0 Å². The van der Waals surface area contributed by atoms with Gasteiger partial charge in [-0.1, -0.05) is 19.1 Å². The lowest BCUT2D eigenvalue weighted by atomic mass is 9.89. The zero-order chi connectivity index (χ0) is 14.8. The summed E-state index contributed by atoms with van der Waals surface area (Å²) in [5.74, 6) is 0.931. The first kappa shape index (κ1) is 16.5. The highest BCUT2D eigenvalue weighted by molar-refractivity contribution is 5.28.